The van der Waals surface area contributed by atoms with Gasteiger partial charge in [-0.05, 0) is 12.1 Å². The number of ether oxygens (including phenoxy) is 1. The third-order valence-electron chi connectivity index (χ3n) is 2.20. The summed E-state index contributed by atoms with van der Waals surface area (Å²) in [4.78, 5) is 22.0. The van der Waals surface area contributed by atoms with Crippen LogP contribution in [0.4, 0.5) is 11.4 Å². The number of benzene rings is 1. The Balaban J connectivity index is 2.96. The molecule has 0 heterocycles. The summed E-state index contributed by atoms with van der Waals surface area (Å²) in [5, 5.41) is 13.3. The van der Waals surface area contributed by atoms with E-state index < -0.39 is 10.8 Å². The number of carbonyl (C=O) groups excluding carboxylic acids is 1. The first-order valence-corrected chi connectivity index (χ1v) is 5.12. The van der Waals surface area contributed by atoms with E-state index in [1.165, 1.54) is 25.3 Å². The number of nitrogen functional groups attached to an aromatic ring is 1. The Labute approximate surface area is 103 Å². The fraction of sp³-hybridized carbons (Fsp3) is 0.300. The molecule has 1 aromatic rings. The van der Waals surface area contributed by atoms with E-state index in [1.54, 1.807) is 0 Å². The highest BCUT2D eigenvalue weighted by atomic mass is 16.6. The fourth-order valence-corrected chi connectivity index (χ4v) is 1.33. The minimum Gasteiger partial charge on any atom is -0.383 e. The van der Waals surface area contributed by atoms with Crippen LogP contribution in [0.1, 0.15) is 10.4 Å². The third-order valence-corrected chi connectivity index (χ3v) is 2.20. The van der Waals surface area contributed by atoms with E-state index in [1.807, 2.05) is 0 Å². The second kappa shape index (κ2) is 6.52. The van der Waals surface area contributed by atoms with E-state index in [9.17, 15) is 14.9 Å². The number of carbonyl (C=O) groups is 1. The van der Waals surface area contributed by atoms with Gasteiger partial charge < -0.3 is 15.5 Å². The van der Waals surface area contributed by atoms with Crippen LogP contribution >= 0.6 is 0 Å². The molecule has 0 aliphatic carbocycles. The zero-order valence-corrected chi connectivity index (χ0v) is 9.80. The van der Waals surface area contributed by atoms with Crippen molar-refractivity contribution >= 4 is 17.3 Å². The zero-order chi connectivity index (χ0) is 13.5. The summed E-state index contributed by atoms with van der Waals surface area (Å²) in [5.74, 6) is 4.65. The summed E-state index contributed by atoms with van der Waals surface area (Å²) in [7, 11) is 1.49. The van der Waals surface area contributed by atoms with Crippen molar-refractivity contribution in [3.05, 3.63) is 33.9 Å². The van der Waals surface area contributed by atoms with Crippen LogP contribution in [-0.2, 0) is 4.74 Å². The van der Waals surface area contributed by atoms with Gasteiger partial charge in [0.05, 0.1) is 11.5 Å². The Bertz CT molecular complexity index is 450. The molecule has 0 aliphatic heterocycles. The number of methoxy groups -OCH3 is 1. The summed E-state index contributed by atoms with van der Waals surface area (Å²) in [6.45, 7) is 0.598. The third kappa shape index (κ3) is 3.40. The normalized spacial score (nSPS) is 9.89. The summed E-state index contributed by atoms with van der Waals surface area (Å²) in [6, 6.07) is 3.96. The number of nitro groups is 1. The molecule has 0 aromatic heterocycles. The average molecular weight is 254 g/mol. The van der Waals surface area contributed by atoms with Gasteiger partial charge >= 0.3 is 0 Å². The summed E-state index contributed by atoms with van der Waals surface area (Å²) >= 11 is 0. The highest BCUT2D eigenvalue weighted by Gasteiger charge is 2.20. The van der Waals surface area contributed by atoms with Crippen LogP contribution in [0.5, 0.6) is 0 Å². The second-order valence-corrected chi connectivity index (χ2v) is 3.38. The number of rotatable bonds is 6. The molecule has 0 fully saturated rings. The first-order chi connectivity index (χ1) is 8.60. The molecule has 0 radical (unpaired) electrons. The minimum atomic E-state index is -0.620. The highest BCUT2D eigenvalue weighted by molar-refractivity contribution is 5.99. The molecule has 0 saturated heterocycles. The molecule has 0 unspecified atom stereocenters. The number of nitrogens with two attached hydrogens (primary N) is 1. The van der Waals surface area contributed by atoms with Gasteiger partial charge in [0.1, 0.15) is 5.56 Å². The molecule has 1 rings (SSSR count). The Morgan fingerprint density at radius 1 is 1.56 bits per heavy atom. The van der Waals surface area contributed by atoms with Crippen molar-refractivity contribution < 1.29 is 14.5 Å². The minimum absolute atomic E-state index is 0.0495. The van der Waals surface area contributed by atoms with Gasteiger partial charge in [-0.25, -0.2) is 0 Å². The smallest absolute Gasteiger partial charge is 0.282 e. The molecule has 0 atom stereocenters. The number of hydrogen-bond donors (Lipinski definition) is 3. The van der Waals surface area contributed by atoms with E-state index in [2.05, 4.69) is 10.7 Å². The molecule has 1 aromatic carbocycles. The van der Waals surface area contributed by atoms with Crippen LogP contribution in [0, 0.1) is 10.1 Å². The lowest BCUT2D eigenvalue weighted by Crippen LogP contribution is -2.27. The van der Waals surface area contributed by atoms with Crippen molar-refractivity contribution in [3.63, 3.8) is 0 Å². The van der Waals surface area contributed by atoms with Crippen LogP contribution in [-0.4, -0.2) is 31.1 Å². The maximum absolute atomic E-state index is 11.8. The topological polar surface area (TPSA) is 120 Å². The quantitative estimate of drug-likeness (QED) is 0.290. The van der Waals surface area contributed by atoms with E-state index in [-0.39, 0.29) is 17.8 Å². The molecular weight excluding hydrogens is 240 g/mol. The monoisotopic (exact) mass is 254 g/mol. The van der Waals surface area contributed by atoms with E-state index >= 15 is 0 Å². The summed E-state index contributed by atoms with van der Waals surface area (Å²) < 4.78 is 4.77. The molecule has 98 valence electrons. The summed E-state index contributed by atoms with van der Waals surface area (Å²) in [5.41, 5.74) is 2.42. The number of hydrogen-bond acceptors (Lipinski definition) is 6. The lowest BCUT2D eigenvalue weighted by molar-refractivity contribution is -0.385. The Morgan fingerprint density at radius 2 is 2.28 bits per heavy atom. The van der Waals surface area contributed by atoms with Gasteiger partial charge in [-0.15, -0.1) is 0 Å². The number of anilines is 1. The van der Waals surface area contributed by atoms with E-state index in [0.29, 0.717) is 12.3 Å². The van der Waals surface area contributed by atoms with E-state index in [0.717, 1.165) is 0 Å². The van der Waals surface area contributed by atoms with Gasteiger partial charge in [0.25, 0.3) is 11.6 Å². The SMILES string of the molecule is COCCNC(=O)c1cc(NN)ccc1[N+](=O)[O-]. The van der Waals surface area contributed by atoms with Crippen LogP contribution in [0.15, 0.2) is 18.2 Å². The molecular formula is C10H14N4O4. The maximum Gasteiger partial charge on any atom is 0.282 e. The summed E-state index contributed by atoms with van der Waals surface area (Å²) in [6.07, 6.45) is 0. The van der Waals surface area contributed by atoms with Crippen LogP contribution < -0.4 is 16.6 Å². The number of hydrazine groups is 1. The molecule has 0 saturated carbocycles. The van der Waals surface area contributed by atoms with Gasteiger partial charge in [-0.1, -0.05) is 0 Å². The Morgan fingerprint density at radius 3 is 2.83 bits per heavy atom. The highest BCUT2D eigenvalue weighted by Crippen LogP contribution is 2.22. The van der Waals surface area contributed by atoms with E-state index in [4.69, 9.17) is 10.6 Å². The van der Waals surface area contributed by atoms with Gasteiger partial charge in [0.15, 0.2) is 0 Å². The first-order valence-electron chi connectivity index (χ1n) is 5.12. The standard InChI is InChI=1S/C10H14N4O4/c1-18-5-4-12-10(15)8-6-7(13-11)2-3-9(8)14(16)17/h2-3,6,13H,4-5,11H2,1H3,(H,12,15). The fourth-order valence-electron chi connectivity index (χ4n) is 1.33. The van der Waals surface area contributed by atoms with Crippen molar-refractivity contribution in [1.82, 2.24) is 5.32 Å². The largest absolute Gasteiger partial charge is 0.383 e. The lowest BCUT2D eigenvalue weighted by Gasteiger charge is -2.07. The number of amides is 1. The molecule has 4 N–H and O–H groups in total. The predicted octanol–water partition coefficient (Wildman–Crippen LogP) is 0.257. The molecule has 0 aliphatic rings. The van der Waals surface area contributed by atoms with Crippen molar-refractivity contribution in [2.45, 2.75) is 0 Å². The Kier molecular flexibility index (Phi) is 5.03. The molecule has 8 nitrogen and oxygen atoms in total. The van der Waals surface area contributed by atoms with Crippen molar-refractivity contribution in [2.24, 2.45) is 5.84 Å². The molecule has 1 amide bonds. The Hall–Kier alpha value is -2.19. The molecule has 8 heteroatoms. The average Bonchev–Trinajstić information content (AvgIpc) is 2.38. The first kappa shape index (κ1) is 13.9. The number of nitrogens with zero attached hydrogens (tertiary/aromatic N) is 1. The van der Waals surface area contributed by atoms with Crippen molar-refractivity contribution in [1.29, 1.82) is 0 Å². The van der Waals surface area contributed by atoms with Crippen LogP contribution in [0.2, 0.25) is 0 Å². The van der Waals surface area contributed by atoms with Gasteiger partial charge in [-0.3, -0.25) is 20.8 Å². The molecule has 0 spiro atoms. The van der Waals surface area contributed by atoms with Gasteiger partial charge in [0.2, 0.25) is 0 Å². The van der Waals surface area contributed by atoms with Crippen LogP contribution in [0.3, 0.4) is 0 Å². The predicted molar refractivity (Wildman–Crippen MR) is 65.1 cm³/mol. The lowest BCUT2D eigenvalue weighted by atomic mass is 10.1. The van der Waals surface area contributed by atoms with Crippen molar-refractivity contribution in [3.8, 4) is 0 Å². The van der Waals surface area contributed by atoms with Crippen LogP contribution in [0.25, 0.3) is 0 Å². The van der Waals surface area contributed by atoms with Gasteiger partial charge in [-0.2, -0.15) is 0 Å². The second-order valence-electron chi connectivity index (χ2n) is 3.38. The molecule has 0 bridgehead atoms. The molecule has 18 heavy (non-hydrogen) atoms. The van der Waals surface area contributed by atoms with Gasteiger partial charge in [0, 0.05) is 25.4 Å². The number of nitrogens with one attached hydrogen (secondary N) is 2. The number of nitro benzene ring substituents is 1. The van der Waals surface area contributed by atoms with Crippen molar-refractivity contribution in [2.75, 3.05) is 25.7 Å². The maximum atomic E-state index is 11.8. The zero-order valence-electron chi connectivity index (χ0n) is 9.80.